The van der Waals surface area contributed by atoms with Gasteiger partial charge in [-0.3, -0.25) is 14.5 Å². The SMILES string of the molecule is COc1ccccc1[C@H]1/C(=C(\O)c2ccc(OCC(C)C)cc2)C(=O)C(=O)N1CCCN1CCOCC1. The van der Waals surface area contributed by atoms with Gasteiger partial charge in [-0.2, -0.15) is 0 Å². The van der Waals surface area contributed by atoms with Crippen molar-refractivity contribution in [1.29, 1.82) is 0 Å². The fourth-order valence-corrected chi connectivity index (χ4v) is 4.74. The van der Waals surface area contributed by atoms with Gasteiger partial charge in [0.1, 0.15) is 17.3 Å². The molecule has 1 atom stereocenters. The Labute approximate surface area is 218 Å². The molecule has 1 N–H and O–H groups in total. The summed E-state index contributed by atoms with van der Waals surface area (Å²) >= 11 is 0. The molecule has 0 unspecified atom stereocenters. The lowest BCUT2D eigenvalue weighted by Gasteiger charge is -2.29. The van der Waals surface area contributed by atoms with Crippen molar-refractivity contribution in [2.24, 2.45) is 5.92 Å². The van der Waals surface area contributed by atoms with Crippen LogP contribution in [0.1, 0.15) is 37.4 Å². The predicted octanol–water partition coefficient (Wildman–Crippen LogP) is 3.87. The minimum absolute atomic E-state index is 0.0664. The number of hydrogen-bond acceptors (Lipinski definition) is 7. The molecule has 0 spiro atoms. The predicted molar refractivity (Wildman–Crippen MR) is 141 cm³/mol. The summed E-state index contributed by atoms with van der Waals surface area (Å²) in [5.41, 5.74) is 1.17. The second-order valence-electron chi connectivity index (χ2n) is 9.77. The Morgan fingerprint density at radius 1 is 1.05 bits per heavy atom. The zero-order valence-electron chi connectivity index (χ0n) is 21.8. The fraction of sp³-hybridized carbons (Fsp3) is 0.448. The standard InChI is InChI=1S/C29H36N2O6/c1-20(2)19-37-22-11-9-21(10-12-22)27(32)25-26(23-7-4-5-8-24(23)35-3)31(29(34)28(25)33)14-6-13-30-15-17-36-18-16-30/h4-5,7-12,20,26,32H,6,13-19H2,1-3H3/b27-25+/t26-/m0/s1. The highest BCUT2D eigenvalue weighted by atomic mass is 16.5. The Kier molecular flexibility index (Phi) is 8.84. The van der Waals surface area contributed by atoms with Crippen molar-refractivity contribution >= 4 is 17.4 Å². The highest BCUT2D eigenvalue weighted by molar-refractivity contribution is 6.46. The number of carbonyl (C=O) groups is 2. The number of hydrogen-bond donors (Lipinski definition) is 1. The number of benzene rings is 2. The number of Topliss-reactive ketones (excluding diaryl/α,β-unsaturated/α-hetero) is 1. The molecule has 0 bridgehead atoms. The summed E-state index contributed by atoms with van der Waals surface area (Å²) in [6.07, 6.45) is 0.695. The number of methoxy groups -OCH3 is 1. The second kappa shape index (κ2) is 12.3. The fourth-order valence-electron chi connectivity index (χ4n) is 4.74. The zero-order chi connectivity index (χ0) is 26.4. The van der Waals surface area contributed by atoms with Crippen LogP contribution in [0.4, 0.5) is 0 Å². The maximum atomic E-state index is 13.3. The van der Waals surface area contributed by atoms with Crippen LogP contribution in [0.3, 0.4) is 0 Å². The lowest BCUT2D eigenvalue weighted by molar-refractivity contribution is -0.140. The first kappa shape index (κ1) is 26.7. The van der Waals surface area contributed by atoms with Crippen LogP contribution in [-0.4, -0.2) is 79.7 Å². The maximum absolute atomic E-state index is 13.3. The van der Waals surface area contributed by atoms with Crippen molar-refractivity contribution in [1.82, 2.24) is 9.80 Å². The third kappa shape index (κ3) is 6.14. The molecule has 2 aliphatic rings. The molecule has 37 heavy (non-hydrogen) atoms. The molecule has 0 aliphatic carbocycles. The van der Waals surface area contributed by atoms with Gasteiger partial charge in [-0.25, -0.2) is 0 Å². The van der Waals surface area contributed by atoms with E-state index in [1.165, 1.54) is 0 Å². The number of amides is 1. The summed E-state index contributed by atoms with van der Waals surface area (Å²) < 4.78 is 16.7. The van der Waals surface area contributed by atoms with E-state index in [-0.39, 0.29) is 11.3 Å². The lowest BCUT2D eigenvalue weighted by Crippen LogP contribution is -2.39. The van der Waals surface area contributed by atoms with E-state index in [2.05, 4.69) is 18.7 Å². The van der Waals surface area contributed by atoms with Gasteiger partial charge >= 0.3 is 0 Å². The molecule has 8 heteroatoms. The third-order valence-corrected chi connectivity index (χ3v) is 6.66. The monoisotopic (exact) mass is 508 g/mol. The van der Waals surface area contributed by atoms with Gasteiger partial charge in [0, 0.05) is 37.3 Å². The van der Waals surface area contributed by atoms with Crippen molar-refractivity contribution in [3.05, 3.63) is 65.2 Å². The molecule has 8 nitrogen and oxygen atoms in total. The number of morpholine rings is 1. The summed E-state index contributed by atoms with van der Waals surface area (Å²) in [4.78, 5) is 30.4. The van der Waals surface area contributed by atoms with Crippen molar-refractivity contribution in [3.8, 4) is 11.5 Å². The van der Waals surface area contributed by atoms with Crippen LogP contribution in [0.15, 0.2) is 54.1 Å². The van der Waals surface area contributed by atoms with Gasteiger partial charge in [-0.1, -0.05) is 32.0 Å². The summed E-state index contributed by atoms with van der Waals surface area (Å²) in [5.74, 6) is 0.0933. The molecular weight excluding hydrogens is 472 g/mol. The first-order valence-corrected chi connectivity index (χ1v) is 12.9. The molecule has 2 heterocycles. The average molecular weight is 509 g/mol. The molecule has 2 fully saturated rings. The molecule has 0 radical (unpaired) electrons. The van der Waals surface area contributed by atoms with Gasteiger partial charge in [-0.05, 0) is 42.7 Å². The van der Waals surface area contributed by atoms with Crippen LogP contribution in [0.2, 0.25) is 0 Å². The van der Waals surface area contributed by atoms with E-state index >= 15 is 0 Å². The Balaban J connectivity index is 1.65. The minimum Gasteiger partial charge on any atom is -0.507 e. The van der Waals surface area contributed by atoms with Crippen molar-refractivity contribution in [3.63, 3.8) is 0 Å². The number of nitrogens with zero attached hydrogens (tertiary/aromatic N) is 2. The number of rotatable bonds is 10. The Morgan fingerprint density at radius 2 is 1.76 bits per heavy atom. The smallest absolute Gasteiger partial charge is 0.295 e. The van der Waals surface area contributed by atoms with Gasteiger partial charge in [0.2, 0.25) is 0 Å². The number of carbonyl (C=O) groups excluding carboxylic acids is 2. The first-order chi connectivity index (χ1) is 17.9. The van der Waals surface area contributed by atoms with E-state index in [1.54, 1.807) is 42.3 Å². The Hall–Kier alpha value is -3.36. The van der Waals surface area contributed by atoms with Crippen molar-refractivity contribution in [2.45, 2.75) is 26.3 Å². The van der Waals surface area contributed by atoms with Gasteiger partial charge in [0.15, 0.2) is 0 Å². The first-order valence-electron chi connectivity index (χ1n) is 12.9. The molecule has 198 valence electrons. The Morgan fingerprint density at radius 3 is 2.43 bits per heavy atom. The summed E-state index contributed by atoms with van der Waals surface area (Å²) in [6.45, 7) is 8.99. The largest absolute Gasteiger partial charge is 0.507 e. The van der Waals surface area contributed by atoms with Gasteiger partial charge in [0.05, 0.1) is 38.5 Å². The van der Waals surface area contributed by atoms with Gasteiger partial charge in [0.25, 0.3) is 11.7 Å². The maximum Gasteiger partial charge on any atom is 0.295 e. The van der Waals surface area contributed by atoms with E-state index in [0.717, 1.165) is 19.6 Å². The molecule has 0 aromatic heterocycles. The van der Waals surface area contributed by atoms with E-state index in [0.29, 0.717) is 61.3 Å². The Bertz CT molecular complexity index is 1120. The number of likely N-dealkylation sites (tertiary alicyclic amines) is 1. The van der Waals surface area contributed by atoms with Crippen LogP contribution in [-0.2, 0) is 14.3 Å². The lowest BCUT2D eigenvalue weighted by atomic mass is 9.94. The molecule has 2 aliphatic heterocycles. The minimum atomic E-state index is -0.752. The van der Waals surface area contributed by atoms with Crippen molar-refractivity contribution in [2.75, 3.05) is 53.1 Å². The third-order valence-electron chi connectivity index (χ3n) is 6.66. The van der Waals surface area contributed by atoms with E-state index in [1.807, 2.05) is 18.2 Å². The average Bonchev–Trinajstić information content (AvgIpc) is 3.17. The summed E-state index contributed by atoms with van der Waals surface area (Å²) in [6, 6.07) is 13.5. The molecular formula is C29H36N2O6. The van der Waals surface area contributed by atoms with Crippen LogP contribution in [0.5, 0.6) is 11.5 Å². The second-order valence-corrected chi connectivity index (χ2v) is 9.77. The van der Waals surface area contributed by atoms with Gasteiger partial charge < -0.3 is 24.2 Å². The van der Waals surface area contributed by atoms with E-state index in [4.69, 9.17) is 14.2 Å². The van der Waals surface area contributed by atoms with Crippen LogP contribution in [0, 0.1) is 5.92 Å². The molecule has 2 aromatic carbocycles. The molecule has 4 rings (SSSR count). The molecule has 1 amide bonds. The molecule has 0 saturated carbocycles. The van der Waals surface area contributed by atoms with E-state index in [9.17, 15) is 14.7 Å². The van der Waals surface area contributed by atoms with Crippen LogP contribution >= 0.6 is 0 Å². The number of aliphatic hydroxyl groups excluding tert-OH is 1. The van der Waals surface area contributed by atoms with Crippen LogP contribution < -0.4 is 9.47 Å². The highest BCUT2D eigenvalue weighted by Crippen LogP contribution is 2.42. The quantitative estimate of drug-likeness (QED) is 0.296. The van der Waals surface area contributed by atoms with E-state index < -0.39 is 17.7 Å². The number of aliphatic hydroxyl groups is 1. The normalized spacial score (nSPS) is 20.0. The summed E-state index contributed by atoms with van der Waals surface area (Å²) in [5, 5.41) is 11.3. The topological polar surface area (TPSA) is 88.5 Å². The van der Waals surface area contributed by atoms with Crippen LogP contribution in [0.25, 0.3) is 5.76 Å². The molecule has 2 saturated heterocycles. The van der Waals surface area contributed by atoms with Crippen molar-refractivity contribution < 1.29 is 28.9 Å². The molecule has 2 aromatic rings. The highest BCUT2D eigenvalue weighted by Gasteiger charge is 2.46. The number of ether oxygens (including phenoxy) is 3. The zero-order valence-corrected chi connectivity index (χ0v) is 21.8. The number of para-hydroxylation sites is 1. The van der Waals surface area contributed by atoms with Gasteiger partial charge in [-0.15, -0.1) is 0 Å². The number of ketones is 1. The summed E-state index contributed by atoms with van der Waals surface area (Å²) in [7, 11) is 1.55.